The maximum absolute atomic E-state index is 5.86. The summed E-state index contributed by atoms with van der Waals surface area (Å²) in [6.07, 6.45) is 0. The molecule has 0 aliphatic heterocycles. The number of benzene rings is 1. The second kappa shape index (κ2) is 6.24. The first-order valence-electron chi connectivity index (χ1n) is 4.62. The van der Waals surface area contributed by atoms with Crippen LogP contribution in [0.5, 0.6) is 0 Å². The molecule has 0 saturated heterocycles. The average Bonchev–Trinajstić information content (AvgIpc) is 2.49. The Kier molecular flexibility index (Phi) is 5.57. The van der Waals surface area contributed by atoms with E-state index in [-0.39, 0.29) is 33.6 Å². The normalized spacial score (nSPS) is 9.94. The van der Waals surface area contributed by atoms with Crippen LogP contribution < -0.4 is 33.6 Å². The molecule has 1 aromatic heterocycles. The quantitative estimate of drug-likeness (QED) is 0.533. The van der Waals surface area contributed by atoms with E-state index in [4.69, 9.17) is 11.6 Å². The molecule has 0 radical (unpaired) electrons. The van der Waals surface area contributed by atoms with Gasteiger partial charge in [-0.3, -0.25) is 0 Å². The Hall–Kier alpha value is 0.230. The molecule has 1 aromatic carbocycles. The van der Waals surface area contributed by atoms with Gasteiger partial charge in [0, 0.05) is 15.5 Å². The van der Waals surface area contributed by atoms with E-state index < -0.39 is 0 Å². The number of aryl methyl sites for hydroxylation is 2. The molecule has 0 fully saturated rings. The van der Waals surface area contributed by atoms with Crippen LogP contribution in [-0.4, -0.2) is 0 Å². The van der Waals surface area contributed by atoms with E-state index in [1.807, 2.05) is 23.5 Å². The summed E-state index contributed by atoms with van der Waals surface area (Å²) in [5, 5.41) is 0.821. The van der Waals surface area contributed by atoms with Crippen LogP contribution in [0.4, 0.5) is 0 Å². The van der Waals surface area contributed by atoms with E-state index in [0.717, 1.165) is 5.02 Å². The molecule has 0 spiro atoms. The highest BCUT2D eigenvalue weighted by atomic mass is 127. The molecule has 0 N–H and O–H groups in total. The van der Waals surface area contributed by atoms with Crippen LogP contribution in [0.2, 0.25) is 5.02 Å². The van der Waals surface area contributed by atoms with Crippen LogP contribution in [0.3, 0.4) is 0 Å². The van der Waals surface area contributed by atoms with Crippen molar-refractivity contribution < 1.29 is 33.6 Å². The molecule has 0 aliphatic rings. The molecule has 2 aromatic rings. The smallest absolute Gasteiger partial charge is 0.370 e. The molecule has 0 atom stereocenters. The SMILES string of the molecule is Cc1cc(C)c([I+]c2ccc(Cl)cc2)s1.[Cl-]. The van der Waals surface area contributed by atoms with E-state index in [1.165, 1.54) is 14.0 Å². The first kappa shape index (κ1) is 14.3. The van der Waals surface area contributed by atoms with Crippen molar-refractivity contribution in [3.05, 3.63) is 52.2 Å². The summed E-state index contributed by atoms with van der Waals surface area (Å²) in [5.74, 6) is 0. The van der Waals surface area contributed by atoms with Gasteiger partial charge in [0.1, 0.15) is 0 Å². The van der Waals surface area contributed by atoms with Crippen molar-refractivity contribution in [1.29, 1.82) is 0 Å². The minimum absolute atomic E-state index is 0. The van der Waals surface area contributed by atoms with Gasteiger partial charge in [-0.15, -0.1) is 0 Å². The van der Waals surface area contributed by atoms with Crippen molar-refractivity contribution in [3.63, 3.8) is 0 Å². The minimum Gasteiger partial charge on any atom is -1.00 e. The second-order valence-corrected chi connectivity index (χ2v) is 8.63. The lowest BCUT2D eigenvalue weighted by atomic mass is 10.4. The van der Waals surface area contributed by atoms with Gasteiger partial charge in [0.2, 0.25) is 0 Å². The molecule has 2 rings (SSSR count). The first-order valence-corrected chi connectivity index (χ1v) is 7.98. The standard InChI is InChI=1S/C12H11ClIS.ClH/c1-8-7-9(2)15-12(8)14-11-5-3-10(13)4-6-11;/h3-7H,1-2H3;1H/q+1;/p-1. The molecular weight excluding hydrogens is 374 g/mol. The van der Waals surface area contributed by atoms with E-state index in [2.05, 4.69) is 32.0 Å². The molecule has 86 valence electrons. The van der Waals surface area contributed by atoms with Crippen LogP contribution in [0, 0.1) is 20.3 Å². The van der Waals surface area contributed by atoms with Crippen molar-refractivity contribution in [2.45, 2.75) is 13.8 Å². The Morgan fingerprint density at radius 2 is 1.75 bits per heavy atom. The predicted molar refractivity (Wildman–Crippen MR) is 62.6 cm³/mol. The number of thiophene rings is 1. The molecule has 1 heterocycles. The zero-order chi connectivity index (χ0) is 10.8. The van der Waals surface area contributed by atoms with Gasteiger partial charge in [0.15, 0.2) is 3.57 Å². The van der Waals surface area contributed by atoms with Gasteiger partial charge in [-0.05, 0) is 44.2 Å². The fourth-order valence-electron chi connectivity index (χ4n) is 1.30. The third-order valence-electron chi connectivity index (χ3n) is 1.98. The van der Waals surface area contributed by atoms with Crippen LogP contribution in [0.1, 0.15) is 10.4 Å². The molecule has 0 bridgehead atoms. The van der Waals surface area contributed by atoms with Crippen LogP contribution in [0.15, 0.2) is 30.3 Å². The summed E-state index contributed by atoms with van der Waals surface area (Å²) in [7, 11) is 0. The fraction of sp³-hybridized carbons (Fsp3) is 0.167. The van der Waals surface area contributed by atoms with Gasteiger partial charge in [0.05, 0.1) is 0 Å². The Labute approximate surface area is 122 Å². The highest BCUT2D eigenvalue weighted by Gasteiger charge is 2.20. The lowest BCUT2D eigenvalue weighted by Gasteiger charge is -1.86. The van der Waals surface area contributed by atoms with E-state index >= 15 is 0 Å². The largest absolute Gasteiger partial charge is 1.00 e. The van der Waals surface area contributed by atoms with Crippen LogP contribution in [0.25, 0.3) is 0 Å². The number of halogens is 3. The van der Waals surface area contributed by atoms with E-state index in [0.29, 0.717) is 0 Å². The summed E-state index contributed by atoms with van der Waals surface area (Å²) in [6, 6.07) is 10.5. The van der Waals surface area contributed by atoms with Gasteiger partial charge in [-0.25, -0.2) is 0 Å². The summed E-state index contributed by atoms with van der Waals surface area (Å²) in [5.41, 5.74) is 1.44. The lowest BCUT2D eigenvalue weighted by Crippen LogP contribution is -3.61. The maximum atomic E-state index is 5.86. The Morgan fingerprint density at radius 3 is 2.25 bits per heavy atom. The van der Waals surface area contributed by atoms with E-state index in [1.54, 1.807) is 2.88 Å². The minimum atomic E-state index is -0.0251. The molecular formula is C12H11Cl2IS. The molecule has 0 unspecified atom stereocenters. The van der Waals surface area contributed by atoms with Crippen LogP contribution >= 0.6 is 22.9 Å². The molecule has 0 amide bonds. The van der Waals surface area contributed by atoms with Gasteiger partial charge in [-0.2, -0.15) is 0 Å². The molecule has 4 heteroatoms. The summed E-state index contributed by atoms with van der Waals surface area (Å²) >= 11 is 7.77. The molecule has 16 heavy (non-hydrogen) atoms. The van der Waals surface area contributed by atoms with Crippen molar-refractivity contribution in [2.24, 2.45) is 0 Å². The fourth-order valence-corrected chi connectivity index (χ4v) is 6.04. The van der Waals surface area contributed by atoms with Crippen molar-refractivity contribution in [2.75, 3.05) is 0 Å². The second-order valence-electron chi connectivity index (χ2n) is 3.34. The molecule has 0 nitrogen and oxygen atoms in total. The zero-order valence-corrected chi connectivity index (χ0v) is 13.4. The maximum Gasteiger partial charge on any atom is 0.370 e. The number of hydrogen-bond acceptors (Lipinski definition) is 1. The van der Waals surface area contributed by atoms with Crippen molar-refractivity contribution in [3.8, 4) is 0 Å². The summed E-state index contributed by atoms with van der Waals surface area (Å²) in [6.45, 7) is 4.38. The van der Waals surface area contributed by atoms with Crippen molar-refractivity contribution in [1.82, 2.24) is 0 Å². The first-order chi connectivity index (χ1) is 7.15. The highest BCUT2D eigenvalue weighted by molar-refractivity contribution is 7.09. The number of hydrogen-bond donors (Lipinski definition) is 0. The van der Waals surface area contributed by atoms with Crippen molar-refractivity contribution >= 4 is 22.9 Å². The molecule has 0 saturated carbocycles. The van der Waals surface area contributed by atoms with Gasteiger partial charge >= 0.3 is 21.2 Å². The summed E-state index contributed by atoms with van der Waals surface area (Å²) < 4.78 is 3.00. The average molecular weight is 385 g/mol. The lowest BCUT2D eigenvalue weighted by molar-refractivity contribution is -0.591. The topological polar surface area (TPSA) is 0 Å². The highest BCUT2D eigenvalue weighted by Crippen LogP contribution is 2.12. The Morgan fingerprint density at radius 1 is 1.12 bits per heavy atom. The monoisotopic (exact) mass is 384 g/mol. The Bertz CT molecular complexity index is 462. The summed E-state index contributed by atoms with van der Waals surface area (Å²) in [4.78, 5) is 1.41. The zero-order valence-electron chi connectivity index (χ0n) is 8.93. The van der Waals surface area contributed by atoms with Gasteiger partial charge in [0.25, 0.3) is 2.88 Å². The predicted octanol–water partition coefficient (Wildman–Crippen LogP) is -1.85. The molecule has 0 aliphatic carbocycles. The number of rotatable bonds is 2. The van der Waals surface area contributed by atoms with Crippen LogP contribution in [-0.2, 0) is 0 Å². The van der Waals surface area contributed by atoms with Gasteiger partial charge < -0.3 is 12.4 Å². The van der Waals surface area contributed by atoms with Gasteiger partial charge in [-0.1, -0.05) is 22.9 Å². The van der Waals surface area contributed by atoms with E-state index in [9.17, 15) is 0 Å². The third-order valence-corrected chi connectivity index (χ3v) is 7.03. The third kappa shape index (κ3) is 3.62. The Balaban J connectivity index is 0.00000128.